The molecule has 0 amide bonds. The maximum absolute atomic E-state index is 4.96. The van der Waals surface area contributed by atoms with E-state index in [-0.39, 0.29) is 0 Å². The largest absolute Gasteiger partial charge is 0.247 e. The summed E-state index contributed by atoms with van der Waals surface area (Å²) >= 11 is 0. The summed E-state index contributed by atoms with van der Waals surface area (Å²) in [6, 6.07) is 23.9. The third-order valence-corrected chi connectivity index (χ3v) is 4.74. The zero-order chi connectivity index (χ0) is 14.5. The van der Waals surface area contributed by atoms with E-state index in [4.69, 9.17) is 4.98 Å². The average molecular weight is 281 g/mol. The molecule has 1 aromatic heterocycles. The molecule has 0 bridgehead atoms. The van der Waals surface area contributed by atoms with Crippen molar-refractivity contribution in [1.29, 1.82) is 0 Å². The molecule has 0 radical (unpaired) electrons. The molecule has 5 rings (SSSR count). The highest BCUT2D eigenvalue weighted by Crippen LogP contribution is 2.37. The van der Waals surface area contributed by atoms with Gasteiger partial charge in [-0.1, -0.05) is 54.6 Å². The van der Waals surface area contributed by atoms with E-state index in [2.05, 4.69) is 66.7 Å². The third kappa shape index (κ3) is 1.62. The summed E-state index contributed by atoms with van der Waals surface area (Å²) < 4.78 is 0. The fourth-order valence-electron chi connectivity index (χ4n) is 3.67. The molecule has 0 atom stereocenters. The number of hydrogen-bond acceptors (Lipinski definition) is 1. The molecule has 0 fully saturated rings. The number of para-hydroxylation sites is 1. The Morgan fingerprint density at radius 1 is 0.727 bits per heavy atom. The molecule has 1 heterocycles. The fourth-order valence-corrected chi connectivity index (χ4v) is 3.67. The van der Waals surface area contributed by atoms with Crippen LogP contribution in [0.3, 0.4) is 0 Å². The third-order valence-electron chi connectivity index (χ3n) is 4.74. The monoisotopic (exact) mass is 281 g/mol. The lowest BCUT2D eigenvalue weighted by Crippen LogP contribution is -2.06. The van der Waals surface area contributed by atoms with Crippen LogP contribution in [0, 0.1) is 0 Å². The standard InChI is InChI=1S/C21H15N/c1-3-7-17-14(5-1)9-12-19-18(17)11-10-16-13-15-6-2-4-8-20(15)22-21(16)19/h1-9,12-13H,10-11H2. The van der Waals surface area contributed by atoms with Gasteiger partial charge in [-0.15, -0.1) is 0 Å². The van der Waals surface area contributed by atoms with Crippen molar-refractivity contribution in [1.82, 2.24) is 4.98 Å². The van der Waals surface area contributed by atoms with E-state index in [1.54, 1.807) is 0 Å². The van der Waals surface area contributed by atoms with E-state index in [1.807, 2.05) is 0 Å². The molecule has 3 aromatic carbocycles. The molecule has 1 aliphatic carbocycles. The number of rotatable bonds is 0. The lowest BCUT2D eigenvalue weighted by Gasteiger charge is -2.21. The first-order valence-electron chi connectivity index (χ1n) is 7.80. The van der Waals surface area contributed by atoms with Crippen molar-refractivity contribution in [2.75, 3.05) is 0 Å². The summed E-state index contributed by atoms with van der Waals surface area (Å²) in [7, 11) is 0. The topological polar surface area (TPSA) is 12.9 Å². The molecule has 0 unspecified atom stereocenters. The zero-order valence-corrected chi connectivity index (χ0v) is 12.2. The SMILES string of the molecule is c1ccc2nc3c(cc2c1)CCc1c-3ccc2ccccc12. The second kappa shape index (κ2) is 4.41. The molecule has 0 aliphatic heterocycles. The van der Waals surface area contributed by atoms with Crippen molar-refractivity contribution in [3.8, 4) is 11.3 Å². The number of hydrogen-bond donors (Lipinski definition) is 0. The minimum absolute atomic E-state index is 1.08. The van der Waals surface area contributed by atoms with Gasteiger partial charge in [0.2, 0.25) is 0 Å². The van der Waals surface area contributed by atoms with E-state index in [0.717, 1.165) is 18.4 Å². The predicted octanol–water partition coefficient (Wildman–Crippen LogP) is 5.15. The Labute approximate surface area is 129 Å². The van der Waals surface area contributed by atoms with Crippen LogP contribution in [-0.2, 0) is 12.8 Å². The van der Waals surface area contributed by atoms with Crippen LogP contribution in [0.5, 0.6) is 0 Å². The van der Waals surface area contributed by atoms with Gasteiger partial charge in [-0.25, -0.2) is 4.98 Å². The van der Waals surface area contributed by atoms with Gasteiger partial charge in [-0.3, -0.25) is 0 Å². The van der Waals surface area contributed by atoms with Crippen LogP contribution in [-0.4, -0.2) is 4.98 Å². The molecule has 1 nitrogen and oxygen atoms in total. The summed E-state index contributed by atoms with van der Waals surface area (Å²) in [5, 5.41) is 3.94. The summed E-state index contributed by atoms with van der Waals surface area (Å²) in [5.74, 6) is 0. The number of benzene rings is 3. The minimum atomic E-state index is 1.08. The number of fused-ring (bicyclic) bond motifs is 6. The van der Waals surface area contributed by atoms with Crippen molar-refractivity contribution < 1.29 is 0 Å². The average Bonchev–Trinajstić information content (AvgIpc) is 2.59. The molecule has 22 heavy (non-hydrogen) atoms. The van der Waals surface area contributed by atoms with Gasteiger partial charge < -0.3 is 0 Å². The van der Waals surface area contributed by atoms with Crippen LogP contribution in [0.15, 0.2) is 66.7 Å². The van der Waals surface area contributed by atoms with Gasteiger partial charge in [0.05, 0.1) is 11.2 Å². The Hall–Kier alpha value is -2.67. The molecular formula is C21H15N. The molecule has 0 N–H and O–H groups in total. The number of aromatic nitrogens is 1. The molecule has 0 saturated carbocycles. The van der Waals surface area contributed by atoms with Gasteiger partial charge in [-0.05, 0) is 46.9 Å². The summed E-state index contributed by atoms with van der Waals surface area (Å²) in [6.07, 6.45) is 2.18. The molecular weight excluding hydrogens is 266 g/mol. The summed E-state index contributed by atoms with van der Waals surface area (Å²) in [4.78, 5) is 4.96. The van der Waals surface area contributed by atoms with Crippen molar-refractivity contribution in [3.63, 3.8) is 0 Å². The van der Waals surface area contributed by atoms with Gasteiger partial charge in [0, 0.05) is 10.9 Å². The highest BCUT2D eigenvalue weighted by atomic mass is 14.7. The van der Waals surface area contributed by atoms with E-state index >= 15 is 0 Å². The Morgan fingerprint density at radius 2 is 1.55 bits per heavy atom. The minimum Gasteiger partial charge on any atom is -0.247 e. The molecule has 0 saturated heterocycles. The number of aryl methyl sites for hydroxylation is 2. The van der Waals surface area contributed by atoms with E-state index < -0.39 is 0 Å². The van der Waals surface area contributed by atoms with Gasteiger partial charge in [0.1, 0.15) is 0 Å². The van der Waals surface area contributed by atoms with Crippen LogP contribution >= 0.6 is 0 Å². The summed E-state index contributed by atoms with van der Waals surface area (Å²) in [6.45, 7) is 0. The fraction of sp³-hybridized carbons (Fsp3) is 0.0952. The lowest BCUT2D eigenvalue weighted by atomic mass is 9.85. The van der Waals surface area contributed by atoms with Crippen LogP contribution in [0.2, 0.25) is 0 Å². The highest BCUT2D eigenvalue weighted by molar-refractivity contribution is 5.94. The molecule has 4 aromatic rings. The quantitative estimate of drug-likeness (QED) is 0.434. The number of nitrogens with zero attached hydrogens (tertiary/aromatic N) is 1. The highest BCUT2D eigenvalue weighted by Gasteiger charge is 2.19. The Morgan fingerprint density at radius 3 is 2.50 bits per heavy atom. The van der Waals surface area contributed by atoms with Crippen LogP contribution in [0.1, 0.15) is 11.1 Å². The van der Waals surface area contributed by atoms with Crippen molar-refractivity contribution in [3.05, 3.63) is 77.9 Å². The second-order valence-corrected chi connectivity index (χ2v) is 6.00. The van der Waals surface area contributed by atoms with Crippen molar-refractivity contribution in [2.45, 2.75) is 12.8 Å². The van der Waals surface area contributed by atoms with Gasteiger partial charge in [-0.2, -0.15) is 0 Å². The summed E-state index contributed by atoms with van der Waals surface area (Å²) in [5.41, 5.74) is 6.40. The maximum atomic E-state index is 4.96. The zero-order valence-electron chi connectivity index (χ0n) is 12.2. The smallest absolute Gasteiger partial charge is 0.0744 e. The molecule has 0 spiro atoms. The first kappa shape index (κ1) is 11.9. The van der Waals surface area contributed by atoms with E-state index in [0.29, 0.717) is 0 Å². The Balaban J connectivity index is 1.86. The first-order valence-corrected chi connectivity index (χ1v) is 7.80. The maximum Gasteiger partial charge on any atom is 0.0744 e. The van der Waals surface area contributed by atoms with E-state index in [9.17, 15) is 0 Å². The second-order valence-electron chi connectivity index (χ2n) is 6.00. The van der Waals surface area contributed by atoms with E-state index in [1.165, 1.54) is 38.5 Å². The van der Waals surface area contributed by atoms with Crippen LogP contribution in [0.4, 0.5) is 0 Å². The van der Waals surface area contributed by atoms with Gasteiger partial charge in [0.15, 0.2) is 0 Å². The van der Waals surface area contributed by atoms with Gasteiger partial charge in [0.25, 0.3) is 0 Å². The molecule has 1 heteroatoms. The predicted molar refractivity (Wildman–Crippen MR) is 92.1 cm³/mol. The Kier molecular flexibility index (Phi) is 2.39. The van der Waals surface area contributed by atoms with Gasteiger partial charge >= 0.3 is 0 Å². The molecule has 104 valence electrons. The first-order chi connectivity index (χ1) is 10.9. The van der Waals surface area contributed by atoms with Crippen LogP contribution < -0.4 is 0 Å². The van der Waals surface area contributed by atoms with Crippen molar-refractivity contribution in [2.24, 2.45) is 0 Å². The Bertz CT molecular complexity index is 1020. The van der Waals surface area contributed by atoms with Crippen LogP contribution in [0.25, 0.3) is 32.9 Å². The van der Waals surface area contributed by atoms with Crippen molar-refractivity contribution >= 4 is 21.7 Å². The number of pyridine rings is 1. The lowest BCUT2D eigenvalue weighted by molar-refractivity contribution is 0.942. The molecule has 1 aliphatic rings. The normalized spacial score (nSPS) is 13.1.